The Morgan fingerprint density at radius 2 is 2.06 bits per heavy atom. The summed E-state index contributed by atoms with van der Waals surface area (Å²) in [6, 6.07) is -0.657. The average Bonchev–Trinajstić information content (AvgIpc) is 2.29. The first kappa shape index (κ1) is 15.0. The number of carbonyl (C=O) groups is 2. The first-order chi connectivity index (χ1) is 7.58. The highest BCUT2D eigenvalue weighted by Gasteiger charge is 2.26. The van der Waals surface area contributed by atoms with Crippen molar-refractivity contribution in [1.29, 1.82) is 0 Å². The van der Waals surface area contributed by atoms with Crippen molar-refractivity contribution in [3.63, 3.8) is 0 Å². The maximum Gasteiger partial charge on any atom is 0.410 e. The molecule has 0 aromatic carbocycles. The molecule has 0 bridgehead atoms. The van der Waals surface area contributed by atoms with Crippen LogP contribution in [0.15, 0.2) is 0 Å². The SMILES string of the molecule is CCOC(=O)C(C)N(CCCCl)C(=O)OC. The summed E-state index contributed by atoms with van der Waals surface area (Å²) in [6.07, 6.45) is 0.0473. The lowest BCUT2D eigenvalue weighted by Gasteiger charge is -2.25. The fourth-order valence-corrected chi connectivity index (χ4v) is 1.30. The van der Waals surface area contributed by atoms with Crippen LogP contribution in [0, 0.1) is 0 Å². The number of hydrogen-bond acceptors (Lipinski definition) is 4. The zero-order chi connectivity index (χ0) is 12.6. The minimum atomic E-state index is -0.657. The largest absolute Gasteiger partial charge is 0.464 e. The van der Waals surface area contributed by atoms with Gasteiger partial charge in [-0.15, -0.1) is 11.6 Å². The zero-order valence-electron chi connectivity index (χ0n) is 9.86. The number of halogens is 1. The van der Waals surface area contributed by atoms with Crippen LogP contribution in [0.1, 0.15) is 20.3 Å². The van der Waals surface area contributed by atoms with E-state index >= 15 is 0 Å². The summed E-state index contributed by atoms with van der Waals surface area (Å²) in [5.74, 6) is -0.0225. The van der Waals surface area contributed by atoms with Crippen LogP contribution in [0.4, 0.5) is 4.79 Å². The van der Waals surface area contributed by atoms with E-state index in [-0.39, 0.29) is 6.61 Å². The number of methoxy groups -OCH3 is 1. The van der Waals surface area contributed by atoms with Gasteiger partial charge in [0.05, 0.1) is 13.7 Å². The summed E-state index contributed by atoms with van der Waals surface area (Å²) < 4.78 is 9.43. The van der Waals surface area contributed by atoms with E-state index in [4.69, 9.17) is 16.3 Å². The number of esters is 1. The zero-order valence-corrected chi connectivity index (χ0v) is 10.6. The molecule has 0 aliphatic rings. The van der Waals surface area contributed by atoms with Crippen molar-refractivity contribution in [3.05, 3.63) is 0 Å². The van der Waals surface area contributed by atoms with Crippen molar-refractivity contribution in [2.75, 3.05) is 26.1 Å². The summed E-state index contributed by atoms with van der Waals surface area (Å²) in [4.78, 5) is 24.2. The van der Waals surface area contributed by atoms with Gasteiger partial charge >= 0.3 is 12.1 Å². The number of hydrogen-bond donors (Lipinski definition) is 0. The van der Waals surface area contributed by atoms with Gasteiger partial charge in [-0.25, -0.2) is 9.59 Å². The van der Waals surface area contributed by atoms with Crippen LogP contribution in [-0.4, -0.2) is 49.1 Å². The van der Waals surface area contributed by atoms with Crippen LogP contribution in [0.5, 0.6) is 0 Å². The van der Waals surface area contributed by atoms with Gasteiger partial charge in [0.25, 0.3) is 0 Å². The first-order valence-corrected chi connectivity index (χ1v) is 5.69. The van der Waals surface area contributed by atoms with Crippen molar-refractivity contribution in [2.45, 2.75) is 26.3 Å². The van der Waals surface area contributed by atoms with E-state index < -0.39 is 18.1 Å². The Kier molecular flexibility index (Phi) is 7.72. The molecule has 1 amide bonds. The summed E-state index contributed by atoms with van der Waals surface area (Å²) in [7, 11) is 1.27. The molecule has 1 unspecified atom stereocenters. The molecule has 0 aliphatic carbocycles. The molecule has 94 valence electrons. The maximum absolute atomic E-state index is 11.5. The van der Waals surface area contributed by atoms with Gasteiger partial charge in [-0.1, -0.05) is 0 Å². The smallest absolute Gasteiger partial charge is 0.410 e. The van der Waals surface area contributed by atoms with E-state index in [0.29, 0.717) is 18.8 Å². The Labute approximate surface area is 101 Å². The Morgan fingerprint density at radius 1 is 1.44 bits per heavy atom. The van der Waals surface area contributed by atoms with Gasteiger partial charge in [-0.2, -0.15) is 0 Å². The summed E-state index contributed by atoms with van der Waals surface area (Å²) in [5, 5.41) is 0. The van der Waals surface area contributed by atoms with Gasteiger partial charge < -0.3 is 9.47 Å². The molecule has 0 aromatic heterocycles. The van der Waals surface area contributed by atoms with Crippen molar-refractivity contribution < 1.29 is 19.1 Å². The lowest BCUT2D eigenvalue weighted by Crippen LogP contribution is -2.44. The lowest BCUT2D eigenvalue weighted by molar-refractivity contribution is -0.148. The molecule has 0 N–H and O–H groups in total. The van der Waals surface area contributed by atoms with E-state index in [1.807, 2.05) is 0 Å². The van der Waals surface area contributed by atoms with Crippen molar-refractivity contribution in [3.8, 4) is 0 Å². The topological polar surface area (TPSA) is 55.8 Å². The number of ether oxygens (including phenoxy) is 2. The first-order valence-electron chi connectivity index (χ1n) is 5.15. The standard InChI is InChI=1S/C10H18ClNO4/c1-4-16-9(13)8(2)12(7-5-6-11)10(14)15-3/h8H,4-7H2,1-3H3. The number of nitrogens with zero attached hydrogens (tertiary/aromatic N) is 1. The third kappa shape index (κ3) is 4.70. The highest BCUT2D eigenvalue weighted by Crippen LogP contribution is 2.06. The van der Waals surface area contributed by atoms with Gasteiger partial charge in [0, 0.05) is 12.4 Å². The van der Waals surface area contributed by atoms with Crippen LogP contribution in [0.3, 0.4) is 0 Å². The molecular weight excluding hydrogens is 234 g/mol. The highest BCUT2D eigenvalue weighted by atomic mass is 35.5. The number of amides is 1. The highest BCUT2D eigenvalue weighted by molar-refractivity contribution is 6.17. The third-order valence-corrected chi connectivity index (χ3v) is 2.30. The molecule has 16 heavy (non-hydrogen) atoms. The van der Waals surface area contributed by atoms with Gasteiger partial charge in [0.1, 0.15) is 6.04 Å². The Morgan fingerprint density at radius 3 is 2.50 bits per heavy atom. The number of rotatable bonds is 6. The molecule has 6 heteroatoms. The summed E-state index contributed by atoms with van der Waals surface area (Å²) in [6.45, 7) is 3.97. The molecule has 0 radical (unpaired) electrons. The van der Waals surface area contributed by atoms with E-state index in [9.17, 15) is 9.59 Å². The van der Waals surface area contributed by atoms with Crippen LogP contribution < -0.4 is 0 Å². The minimum Gasteiger partial charge on any atom is -0.464 e. The quantitative estimate of drug-likeness (QED) is 0.532. The fourth-order valence-electron chi connectivity index (χ4n) is 1.18. The maximum atomic E-state index is 11.5. The average molecular weight is 252 g/mol. The van der Waals surface area contributed by atoms with Crippen LogP contribution in [0.2, 0.25) is 0 Å². The molecule has 0 saturated heterocycles. The molecule has 5 nitrogen and oxygen atoms in total. The molecule has 0 aliphatic heterocycles. The molecule has 0 aromatic rings. The molecule has 0 spiro atoms. The predicted molar refractivity (Wildman–Crippen MR) is 60.5 cm³/mol. The Balaban J connectivity index is 4.47. The monoisotopic (exact) mass is 251 g/mol. The van der Waals surface area contributed by atoms with E-state index in [2.05, 4.69) is 4.74 Å². The third-order valence-electron chi connectivity index (χ3n) is 2.04. The second kappa shape index (κ2) is 8.21. The van der Waals surface area contributed by atoms with Gasteiger partial charge in [-0.3, -0.25) is 4.90 Å². The van der Waals surface area contributed by atoms with Crippen LogP contribution in [-0.2, 0) is 14.3 Å². The van der Waals surface area contributed by atoms with E-state index in [1.165, 1.54) is 12.0 Å². The number of carbonyl (C=O) groups excluding carboxylic acids is 2. The fraction of sp³-hybridized carbons (Fsp3) is 0.800. The van der Waals surface area contributed by atoms with E-state index in [1.54, 1.807) is 13.8 Å². The van der Waals surface area contributed by atoms with Crippen LogP contribution in [0.25, 0.3) is 0 Å². The van der Waals surface area contributed by atoms with E-state index in [0.717, 1.165) is 0 Å². The molecule has 0 rings (SSSR count). The summed E-state index contributed by atoms with van der Waals surface area (Å²) in [5.41, 5.74) is 0. The Hall–Kier alpha value is -0.970. The van der Waals surface area contributed by atoms with Crippen molar-refractivity contribution in [1.82, 2.24) is 4.90 Å². The van der Waals surface area contributed by atoms with Gasteiger partial charge in [0.2, 0.25) is 0 Å². The normalized spacial score (nSPS) is 11.8. The van der Waals surface area contributed by atoms with Gasteiger partial charge in [-0.05, 0) is 20.3 Å². The molecular formula is C10H18ClNO4. The van der Waals surface area contributed by atoms with Crippen molar-refractivity contribution >= 4 is 23.7 Å². The summed E-state index contributed by atoms with van der Waals surface area (Å²) >= 11 is 5.54. The molecule has 1 atom stereocenters. The second-order valence-corrected chi connectivity index (χ2v) is 3.51. The lowest BCUT2D eigenvalue weighted by atomic mass is 10.3. The predicted octanol–water partition coefficient (Wildman–Crippen LogP) is 1.64. The number of alkyl halides is 1. The molecule has 0 heterocycles. The van der Waals surface area contributed by atoms with Crippen molar-refractivity contribution in [2.24, 2.45) is 0 Å². The molecule has 0 saturated carbocycles. The second-order valence-electron chi connectivity index (χ2n) is 3.13. The van der Waals surface area contributed by atoms with Gasteiger partial charge in [0.15, 0.2) is 0 Å². The van der Waals surface area contributed by atoms with Crippen LogP contribution >= 0.6 is 11.6 Å². The minimum absolute atomic E-state index is 0.285. The Bertz CT molecular complexity index is 233. The molecule has 0 fully saturated rings.